The van der Waals surface area contributed by atoms with Gasteiger partial charge in [0.05, 0.1) is 28.1 Å². The first-order valence-corrected chi connectivity index (χ1v) is 31.2. The zero-order valence-electron chi connectivity index (χ0n) is 49.3. The van der Waals surface area contributed by atoms with Crippen molar-refractivity contribution in [1.82, 2.24) is 4.57 Å². The molecule has 15 aromatic carbocycles. The molecule has 0 radical (unpaired) electrons. The lowest BCUT2D eigenvalue weighted by Crippen LogP contribution is -2.61. The molecule has 90 heavy (non-hydrogen) atoms. The average molecular weight is 1140 g/mol. The minimum atomic E-state index is -0.229. The van der Waals surface area contributed by atoms with Gasteiger partial charge in [-0.3, -0.25) is 0 Å². The maximum absolute atomic E-state index is 2.66. The Kier molecular flexibility index (Phi) is 12.0. The third-order valence-electron chi connectivity index (χ3n) is 18.9. The molecule has 3 heterocycles. The Labute approximate surface area is 524 Å². The van der Waals surface area contributed by atoms with Gasteiger partial charge in [-0.1, -0.05) is 303 Å². The molecular weight excluding hydrogens is 1090 g/mol. The third-order valence-corrected chi connectivity index (χ3v) is 18.9. The molecule has 0 spiro atoms. The largest absolute Gasteiger partial charge is 0.310 e. The number of fused-ring (bicyclic) bond motifs is 11. The maximum Gasteiger partial charge on any atom is 0.252 e. The van der Waals surface area contributed by atoms with Crippen LogP contribution in [0.1, 0.15) is 0 Å². The molecular formula is C86H56BN3. The molecule has 2 aliphatic heterocycles. The second-order valence-electron chi connectivity index (χ2n) is 23.8. The van der Waals surface area contributed by atoms with E-state index in [2.05, 4.69) is 354 Å². The summed E-state index contributed by atoms with van der Waals surface area (Å²) in [6, 6.07) is 127. The normalized spacial score (nSPS) is 12.4. The highest BCUT2D eigenvalue weighted by atomic mass is 15.2. The Morgan fingerprint density at radius 1 is 0.233 bits per heavy atom. The van der Waals surface area contributed by atoms with Gasteiger partial charge in [0.15, 0.2) is 0 Å². The summed E-state index contributed by atoms with van der Waals surface area (Å²) in [6.45, 7) is -0.229. The third kappa shape index (κ3) is 8.15. The number of rotatable bonds is 9. The molecule has 0 amide bonds. The molecule has 0 unspecified atom stereocenters. The van der Waals surface area contributed by atoms with E-state index >= 15 is 0 Å². The second kappa shape index (κ2) is 21.0. The van der Waals surface area contributed by atoms with Crippen molar-refractivity contribution in [2.24, 2.45) is 0 Å². The van der Waals surface area contributed by atoms with Crippen LogP contribution in [0.5, 0.6) is 0 Å². The fourth-order valence-electron chi connectivity index (χ4n) is 15.0. The van der Waals surface area contributed by atoms with Crippen LogP contribution in [0.2, 0.25) is 0 Å². The standard InChI is InChI=1S/C86H56BN3/c1-7-25-57(26-8-1)65-47-49-76-74(53-65)87-75-54-66(58-27-9-2-10-28-58)48-50-77(75)90(86-72(61-33-15-5-16-34-61)43-24-44-73(86)62-35-17-6-18-36-62)81-56-67(88-78-51-45-63-37-19-21-39-68(63)82(78)83-69-40-22-20-38-64(69)46-52-79(83)88)55-80(84(81)87)89(76)85-70(59-29-11-3-12-30-59)41-23-42-71(85)60-31-13-4-14-32-60/h1-56H. The van der Waals surface area contributed by atoms with Crippen molar-refractivity contribution < 1.29 is 0 Å². The van der Waals surface area contributed by atoms with Gasteiger partial charge in [-0.25, -0.2) is 0 Å². The van der Waals surface area contributed by atoms with Gasteiger partial charge < -0.3 is 14.4 Å². The zero-order chi connectivity index (χ0) is 59.2. The van der Waals surface area contributed by atoms with E-state index in [-0.39, 0.29) is 6.71 Å². The van der Waals surface area contributed by atoms with Crippen LogP contribution in [0.4, 0.5) is 34.1 Å². The van der Waals surface area contributed by atoms with E-state index in [0.717, 1.165) is 95.4 Å². The Bertz CT molecular complexity index is 5020. The molecule has 0 aliphatic carbocycles. The first kappa shape index (κ1) is 51.5. The van der Waals surface area contributed by atoms with Crippen molar-refractivity contribution in [2.45, 2.75) is 0 Å². The molecule has 0 saturated carbocycles. The fourth-order valence-corrected chi connectivity index (χ4v) is 15.0. The molecule has 0 saturated heterocycles. The highest BCUT2D eigenvalue weighted by Crippen LogP contribution is 2.54. The molecule has 0 N–H and O–H groups in total. The van der Waals surface area contributed by atoms with Crippen LogP contribution in [0.15, 0.2) is 340 Å². The van der Waals surface area contributed by atoms with Crippen LogP contribution in [0.25, 0.3) is 116 Å². The van der Waals surface area contributed by atoms with Gasteiger partial charge in [-0.2, -0.15) is 0 Å². The average Bonchev–Trinajstić information content (AvgIpc) is 0.912. The molecule has 18 rings (SSSR count). The lowest BCUT2D eigenvalue weighted by Gasteiger charge is -2.46. The van der Waals surface area contributed by atoms with Gasteiger partial charge in [0.1, 0.15) is 0 Å². The predicted molar refractivity (Wildman–Crippen MR) is 382 cm³/mol. The van der Waals surface area contributed by atoms with E-state index in [1.165, 1.54) is 71.0 Å². The Hall–Kier alpha value is -11.7. The van der Waals surface area contributed by atoms with Gasteiger partial charge in [-0.15, -0.1) is 0 Å². The van der Waals surface area contributed by atoms with Crippen molar-refractivity contribution in [3.8, 4) is 72.4 Å². The lowest BCUT2D eigenvalue weighted by atomic mass is 9.33. The maximum atomic E-state index is 2.66. The summed E-state index contributed by atoms with van der Waals surface area (Å²) in [6.07, 6.45) is 0. The molecule has 0 bridgehead atoms. The summed E-state index contributed by atoms with van der Waals surface area (Å²) >= 11 is 0. The van der Waals surface area contributed by atoms with E-state index in [1.807, 2.05) is 0 Å². The van der Waals surface area contributed by atoms with E-state index in [0.29, 0.717) is 0 Å². The monoisotopic (exact) mass is 1140 g/mol. The van der Waals surface area contributed by atoms with Crippen LogP contribution in [-0.2, 0) is 0 Å². The number of para-hydroxylation sites is 2. The molecule has 3 nitrogen and oxygen atoms in total. The van der Waals surface area contributed by atoms with Crippen LogP contribution in [-0.4, -0.2) is 11.3 Å². The molecule has 0 fully saturated rings. The van der Waals surface area contributed by atoms with Gasteiger partial charge >= 0.3 is 0 Å². The van der Waals surface area contributed by atoms with Gasteiger partial charge in [0, 0.05) is 55.8 Å². The van der Waals surface area contributed by atoms with E-state index in [1.54, 1.807) is 0 Å². The van der Waals surface area contributed by atoms with Crippen molar-refractivity contribution in [1.29, 1.82) is 0 Å². The summed E-state index contributed by atoms with van der Waals surface area (Å²) in [7, 11) is 0. The number of benzene rings is 15. The highest BCUT2D eigenvalue weighted by Gasteiger charge is 2.46. The van der Waals surface area contributed by atoms with Crippen LogP contribution >= 0.6 is 0 Å². The molecule has 16 aromatic rings. The summed E-state index contributed by atoms with van der Waals surface area (Å²) in [5, 5.41) is 7.39. The van der Waals surface area contributed by atoms with Crippen LogP contribution < -0.4 is 26.2 Å². The van der Waals surface area contributed by atoms with Crippen molar-refractivity contribution in [3.05, 3.63) is 340 Å². The molecule has 4 heteroatoms. The summed E-state index contributed by atoms with van der Waals surface area (Å²) in [5.74, 6) is 0. The summed E-state index contributed by atoms with van der Waals surface area (Å²) in [5.41, 5.74) is 27.6. The smallest absolute Gasteiger partial charge is 0.252 e. The minimum absolute atomic E-state index is 0.229. The predicted octanol–water partition coefficient (Wildman–Crippen LogP) is 21.2. The lowest BCUT2D eigenvalue weighted by molar-refractivity contribution is 1.16. The topological polar surface area (TPSA) is 11.4 Å². The molecule has 0 atom stereocenters. The molecule has 1 aromatic heterocycles. The Morgan fingerprint density at radius 2 is 0.567 bits per heavy atom. The number of hydrogen-bond acceptors (Lipinski definition) is 2. The number of hydrogen-bond donors (Lipinski definition) is 0. The van der Waals surface area contributed by atoms with Crippen molar-refractivity contribution >= 4 is 101 Å². The summed E-state index contributed by atoms with van der Waals surface area (Å²) in [4.78, 5) is 5.33. The first-order valence-electron chi connectivity index (χ1n) is 31.2. The van der Waals surface area contributed by atoms with Crippen molar-refractivity contribution in [2.75, 3.05) is 9.80 Å². The van der Waals surface area contributed by atoms with E-state index in [4.69, 9.17) is 0 Å². The SMILES string of the molecule is c1ccc(-c2ccc3c(c2)B2c4cc(-c5ccccc5)ccc4N(c4c(-c5ccccc5)cccc4-c4ccccc4)c4cc(-n5c6ccc7ccccc7c6c6c7ccccc7ccc65)cc(c42)N3c2c(-c3ccccc3)cccc2-c2ccccc2)cc1. The van der Waals surface area contributed by atoms with Crippen LogP contribution in [0, 0.1) is 0 Å². The van der Waals surface area contributed by atoms with Gasteiger partial charge in [-0.05, 0) is 119 Å². The second-order valence-corrected chi connectivity index (χ2v) is 23.8. The first-order chi connectivity index (χ1) is 44.7. The Balaban J connectivity index is 1.06. The number of nitrogens with zero attached hydrogens (tertiary/aromatic N) is 3. The van der Waals surface area contributed by atoms with E-state index in [9.17, 15) is 0 Å². The molecule has 418 valence electrons. The summed E-state index contributed by atoms with van der Waals surface area (Å²) < 4.78 is 2.58. The number of aromatic nitrogens is 1. The quantitative estimate of drug-likeness (QED) is 0.133. The number of anilines is 6. The van der Waals surface area contributed by atoms with Crippen LogP contribution in [0.3, 0.4) is 0 Å². The highest BCUT2D eigenvalue weighted by molar-refractivity contribution is 7.00. The van der Waals surface area contributed by atoms with Gasteiger partial charge in [0.2, 0.25) is 0 Å². The van der Waals surface area contributed by atoms with E-state index < -0.39 is 0 Å². The fraction of sp³-hybridized carbons (Fsp3) is 0. The van der Waals surface area contributed by atoms with Gasteiger partial charge in [0.25, 0.3) is 6.71 Å². The van der Waals surface area contributed by atoms with Crippen molar-refractivity contribution in [3.63, 3.8) is 0 Å². The Morgan fingerprint density at radius 3 is 0.933 bits per heavy atom. The zero-order valence-corrected chi connectivity index (χ0v) is 49.3. The minimum Gasteiger partial charge on any atom is -0.310 e. The molecule has 2 aliphatic rings.